The molecule has 0 aromatic heterocycles. The van der Waals surface area contributed by atoms with Crippen LogP contribution in [0.4, 0.5) is 23.7 Å². The number of nitrogens with zero attached hydrogens (tertiary/aromatic N) is 1. The van der Waals surface area contributed by atoms with Gasteiger partial charge >= 0.3 is 6.36 Å². The molecule has 2 amide bonds. The Balaban J connectivity index is 1.85. The third-order valence-electron chi connectivity index (χ3n) is 3.49. The Morgan fingerprint density at radius 2 is 1.90 bits per heavy atom. The highest BCUT2D eigenvalue weighted by atomic mass is 32.2. The van der Waals surface area contributed by atoms with Crippen molar-refractivity contribution in [1.82, 2.24) is 5.32 Å². The summed E-state index contributed by atoms with van der Waals surface area (Å²) in [5.41, 5.74) is 5.87. The van der Waals surface area contributed by atoms with Crippen LogP contribution in [0.1, 0.15) is 5.56 Å². The van der Waals surface area contributed by atoms with E-state index in [1.807, 2.05) is 0 Å². The van der Waals surface area contributed by atoms with Crippen molar-refractivity contribution < 1.29 is 32.2 Å². The molecule has 7 nitrogen and oxygen atoms in total. The summed E-state index contributed by atoms with van der Waals surface area (Å²) in [5.74, 6) is -0.462. The van der Waals surface area contributed by atoms with E-state index in [2.05, 4.69) is 15.0 Å². The van der Waals surface area contributed by atoms with Gasteiger partial charge < -0.3 is 20.5 Å². The van der Waals surface area contributed by atoms with Gasteiger partial charge in [-0.05, 0) is 47.7 Å². The van der Waals surface area contributed by atoms with Crippen LogP contribution < -0.4 is 20.5 Å². The van der Waals surface area contributed by atoms with Crippen molar-refractivity contribution in [2.24, 2.45) is 10.7 Å². The molecule has 1 heterocycles. The molecule has 1 saturated heterocycles. The van der Waals surface area contributed by atoms with Crippen LogP contribution in [0, 0.1) is 0 Å². The van der Waals surface area contributed by atoms with E-state index < -0.39 is 18.0 Å². The molecule has 2 aromatic carbocycles. The van der Waals surface area contributed by atoms with E-state index in [-0.39, 0.29) is 23.4 Å². The number of aliphatic imine (C=N–C) groups is 1. The first kappa shape index (κ1) is 21.2. The van der Waals surface area contributed by atoms with Crippen molar-refractivity contribution in [2.75, 3.05) is 6.61 Å². The Labute approximate surface area is 172 Å². The quantitative estimate of drug-likeness (QED) is 0.712. The van der Waals surface area contributed by atoms with Gasteiger partial charge in [-0.15, -0.1) is 13.2 Å². The molecule has 1 fully saturated rings. The molecule has 0 spiro atoms. The fourth-order valence-corrected chi connectivity index (χ4v) is 3.13. The first-order valence-corrected chi connectivity index (χ1v) is 9.16. The number of primary amides is 1. The number of thioether (sulfide) groups is 1. The zero-order valence-corrected chi connectivity index (χ0v) is 15.9. The smallest absolute Gasteiger partial charge is 0.484 e. The molecule has 0 saturated carbocycles. The number of hydrogen-bond donors (Lipinski definition) is 2. The summed E-state index contributed by atoms with van der Waals surface area (Å²) in [4.78, 5) is 27.3. The van der Waals surface area contributed by atoms with Crippen LogP contribution in [0.5, 0.6) is 11.5 Å². The van der Waals surface area contributed by atoms with Crippen LogP contribution in [-0.2, 0) is 4.79 Å². The van der Waals surface area contributed by atoms with Crippen molar-refractivity contribution in [3.05, 3.63) is 59.0 Å². The topological polar surface area (TPSA) is 103 Å². The van der Waals surface area contributed by atoms with E-state index in [0.717, 1.165) is 23.9 Å². The highest BCUT2D eigenvalue weighted by Crippen LogP contribution is 2.31. The Hall–Kier alpha value is -3.47. The average molecular weight is 437 g/mol. The molecule has 0 unspecified atom stereocenters. The lowest BCUT2D eigenvalue weighted by atomic mass is 10.2. The standard InChI is InChI=1S/C19H14F3N3O4S/c20-19(21,22)29-14-6-2-4-12(9-14)24-17-15(30-18(27)25-17)8-11-3-1-5-13(7-11)28-10-16(23)26/h1-9H,10H2,(H2,23,26)(H,24,25,27). The number of benzene rings is 2. The maximum atomic E-state index is 12.4. The van der Waals surface area contributed by atoms with E-state index in [0.29, 0.717) is 16.2 Å². The van der Waals surface area contributed by atoms with Crippen molar-refractivity contribution in [3.63, 3.8) is 0 Å². The number of amidine groups is 1. The third-order valence-corrected chi connectivity index (χ3v) is 4.30. The van der Waals surface area contributed by atoms with Crippen LogP contribution in [0.25, 0.3) is 6.08 Å². The second-order valence-corrected chi connectivity index (χ2v) is 6.87. The van der Waals surface area contributed by atoms with Crippen LogP contribution >= 0.6 is 11.8 Å². The summed E-state index contributed by atoms with van der Waals surface area (Å²) in [6.07, 6.45) is -3.18. The molecule has 0 bridgehead atoms. The van der Waals surface area contributed by atoms with Gasteiger partial charge in [0, 0.05) is 6.07 Å². The van der Waals surface area contributed by atoms with Gasteiger partial charge in [-0.3, -0.25) is 9.59 Å². The van der Waals surface area contributed by atoms with Crippen LogP contribution in [0.15, 0.2) is 58.4 Å². The van der Waals surface area contributed by atoms with Gasteiger partial charge in [-0.2, -0.15) is 0 Å². The zero-order valence-electron chi connectivity index (χ0n) is 15.1. The van der Waals surface area contributed by atoms with Crippen molar-refractivity contribution >= 4 is 40.5 Å². The third kappa shape index (κ3) is 6.27. The average Bonchev–Trinajstić information content (AvgIpc) is 2.98. The fourth-order valence-electron chi connectivity index (χ4n) is 2.39. The van der Waals surface area contributed by atoms with Gasteiger partial charge in [0.05, 0.1) is 10.6 Å². The summed E-state index contributed by atoms with van der Waals surface area (Å²) in [6.45, 7) is -0.280. The SMILES string of the molecule is NC(=O)COc1cccc(C=C2SC(=O)NC2=Nc2cccc(OC(F)(F)F)c2)c1. The molecule has 11 heteroatoms. The van der Waals surface area contributed by atoms with Gasteiger partial charge in [0.2, 0.25) is 0 Å². The van der Waals surface area contributed by atoms with E-state index in [1.165, 1.54) is 12.1 Å². The zero-order chi connectivity index (χ0) is 21.7. The van der Waals surface area contributed by atoms with Crippen molar-refractivity contribution in [2.45, 2.75) is 6.36 Å². The number of carbonyl (C=O) groups excluding carboxylic acids is 2. The van der Waals surface area contributed by atoms with Crippen molar-refractivity contribution in [1.29, 1.82) is 0 Å². The minimum Gasteiger partial charge on any atom is -0.484 e. The molecular formula is C19H14F3N3O4S. The van der Waals surface area contributed by atoms with E-state index in [1.54, 1.807) is 30.3 Å². The molecular weight excluding hydrogens is 423 g/mol. The maximum Gasteiger partial charge on any atom is 0.573 e. The molecule has 0 aliphatic carbocycles. The maximum absolute atomic E-state index is 12.4. The molecule has 0 radical (unpaired) electrons. The van der Waals surface area contributed by atoms with Gasteiger partial charge in [-0.25, -0.2) is 4.99 Å². The number of alkyl halides is 3. The number of halogens is 3. The summed E-state index contributed by atoms with van der Waals surface area (Å²) in [6, 6.07) is 11.8. The number of carbonyl (C=O) groups is 2. The Morgan fingerprint density at radius 1 is 1.17 bits per heavy atom. The second kappa shape index (κ2) is 8.91. The monoisotopic (exact) mass is 437 g/mol. The van der Waals surface area contributed by atoms with E-state index in [9.17, 15) is 22.8 Å². The number of nitrogens with one attached hydrogen (secondary N) is 1. The lowest BCUT2D eigenvalue weighted by Crippen LogP contribution is -2.20. The highest BCUT2D eigenvalue weighted by molar-refractivity contribution is 8.18. The number of ether oxygens (including phenoxy) is 2. The Kier molecular flexibility index (Phi) is 6.31. The lowest BCUT2D eigenvalue weighted by molar-refractivity contribution is -0.274. The first-order chi connectivity index (χ1) is 14.2. The second-order valence-electron chi connectivity index (χ2n) is 5.86. The Morgan fingerprint density at radius 3 is 2.63 bits per heavy atom. The molecule has 3 N–H and O–H groups in total. The van der Waals surface area contributed by atoms with Gasteiger partial charge in [0.15, 0.2) is 6.61 Å². The lowest BCUT2D eigenvalue weighted by Gasteiger charge is -2.09. The van der Waals surface area contributed by atoms with Crippen LogP contribution in [-0.4, -0.2) is 30.0 Å². The molecule has 0 atom stereocenters. The molecule has 1 aliphatic rings. The minimum atomic E-state index is -4.82. The fraction of sp³-hybridized carbons (Fsp3) is 0.105. The summed E-state index contributed by atoms with van der Waals surface area (Å²) < 4.78 is 46.3. The largest absolute Gasteiger partial charge is 0.573 e. The predicted molar refractivity (Wildman–Crippen MR) is 105 cm³/mol. The predicted octanol–water partition coefficient (Wildman–Crippen LogP) is 3.98. The molecule has 30 heavy (non-hydrogen) atoms. The van der Waals surface area contributed by atoms with Gasteiger partial charge in [0.25, 0.3) is 11.1 Å². The van der Waals surface area contributed by atoms with E-state index in [4.69, 9.17) is 10.5 Å². The normalized spacial score (nSPS) is 16.6. The van der Waals surface area contributed by atoms with Gasteiger partial charge in [-0.1, -0.05) is 18.2 Å². The summed E-state index contributed by atoms with van der Waals surface area (Å²) >= 11 is 0.880. The molecule has 2 aromatic rings. The number of rotatable bonds is 6. The summed E-state index contributed by atoms with van der Waals surface area (Å²) in [5, 5.41) is 2.16. The molecule has 156 valence electrons. The Bertz CT molecular complexity index is 1040. The van der Waals surface area contributed by atoms with Crippen molar-refractivity contribution in [3.8, 4) is 11.5 Å². The molecule has 3 rings (SSSR count). The van der Waals surface area contributed by atoms with Crippen LogP contribution in [0.3, 0.4) is 0 Å². The van der Waals surface area contributed by atoms with E-state index >= 15 is 0 Å². The first-order valence-electron chi connectivity index (χ1n) is 8.34. The van der Waals surface area contributed by atoms with Gasteiger partial charge in [0.1, 0.15) is 17.3 Å². The number of amides is 2. The highest BCUT2D eigenvalue weighted by Gasteiger charge is 2.31. The number of hydrogen-bond acceptors (Lipinski definition) is 6. The summed E-state index contributed by atoms with van der Waals surface area (Å²) in [7, 11) is 0. The van der Waals surface area contributed by atoms with Crippen LogP contribution in [0.2, 0.25) is 0 Å². The number of nitrogens with two attached hydrogens (primary N) is 1. The minimum absolute atomic E-state index is 0.166. The molecule has 1 aliphatic heterocycles.